The second-order valence-electron chi connectivity index (χ2n) is 2.55. The molecular weight excluding hydrogens is 321 g/mol. The van der Waals surface area contributed by atoms with Crippen LogP contribution in [0.2, 0.25) is 0 Å². The van der Waals surface area contributed by atoms with Gasteiger partial charge in [0.1, 0.15) is 6.33 Å². The molecule has 7 nitrogen and oxygen atoms in total. The van der Waals surface area contributed by atoms with Gasteiger partial charge in [-0.3, -0.25) is 4.39 Å². The van der Waals surface area contributed by atoms with Crippen molar-refractivity contribution in [3.8, 4) is 0 Å². The highest BCUT2D eigenvalue weighted by molar-refractivity contribution is 7.81. The van der Waals surface area contributed by atoms with Gasteiger partial charge in [0.05, 0.1) is 20.4 Å². The Kier molecular flexibility index (Phi) is 16.9. The summed E-state index contributed by atoms with van der Waals surface area (Å²) in [6.07, 6.45) is 1.33. The van der Waals surface area contributed by atoms with Gasteiger partial charge in [-0.1, -0.05) is 19.6 Å². The van der Waals surface area contributed by atoms with E-state index in [1.807, 2.05) is 0 Å². The summed E-state index contributed by atoms with van der Waals surface area (Å²) >= 11 is 5.32. The van der Waals surface area contributed by atoms with E-state index in [0.717, 1.165) is 11.5 Å². The average Bonchev–Trinajstić information content (AvgIpc) is 3.07. The van der Waals surface area contributed by atoms with E-state index in [4.69, 9.17) is 7.10 Å². The number of carbonyl (C=O) groups is 2. The number of rotatable bonds is 3. The number of hydrogen-bond donors (Lipinski definition) is 1. The summed E-state index contributed by atoms with van der Waals surface area (Å²) in [5, 5.41) is 0.307. The van der Waals surface area contributed by atoms with Crippen molar-refractivity contribution >= 4 is 40.7 Å². The minimum atomic E-state index is -0.609. The Labute approximate surface area is 134 Å². The maximum Gasteiger partial charge on any atom is 0.369 e. The van der Waals surface area contributed by atoms with E-state index in [-0.39, 0.29) is 4.99 Å². The number of esters is 2. The molecule has 1 aromatic heterocycles. The van der Waals surface area contributed by atoms with Crippen molar-refractivity contribution in [1.29, 1.82) is 0 Å². The number of thiocarbonyl (C=S) groups is 1. The van der Waals surface area contributed by atoms with E-state index >= 15 is 0 Å². The van der Waals surface area contributed by atoms with Gasteiger partial charge < -0.3 is 15.2 Å². The van der Waals surface area contributed by atoms with Crippen molar-refractivity contribution < 1.29 is 24.8 Å². The molecule has 0 atom stereocenters. The predicted octanol–water partition coefficient (Wildman–Crippen LogP) is 1.77. The fourth-order valence-electron chi connectivity index (χ4n) is 0.658. The number of ether oxygens (including phenoxy) is 2. The third kappa shape index (κ3) is 13.1. The third-order valence-corrected chi connectivity index (χ3v) is 2.10. The molecule has 0 aromatic carbocycles. The summed E-state index contributed by atoms with van der Waals surface area (Å²) in [7, 11) is 1.75. The van der Waals surface area contributed by atoms with Crippen LogP contribution in [0.4, 0.5) is 4.39 Å². The van der Waals surface area contributed by atoms with Crippen molar-refractivity contribution in [2.24, 2.45) is 5.73 Å². The maximum atomic E-state index is 10.8. The van der Waals surface area contributed by atoms with Crippen molar-refractivity contribution in [2.75, 3.05) is 20.4 Å². The average molecular weight is 342 g/mol. The second kappa shape index (κ2) is 16.4. The minimum absolute atomic E-state index is 0.216. The Bertz CT molecular complexity index is 408. The van der Waals surface area contributed by atoms with Gasteiger partial charge in [0.25, 0.3) is 0 Å². The summed E-state index contributed by atoms with van der Waals surface area (Å²) < 4.78 is 28.0. The van der Waals surface area contributed by atoms with Gasteiger partial charge in [0, 0.05) is 1.37 Å². The SMILES string of the molecule is CCOC(=O)C(N)=S.CCOC(=O)c1ncns1.CF.[2H]C. The molecule has 1 heterocycles. The smallest absolute Gasteiger partial charge is 0.369 e. The standard InChI is InChI=1S/C5H6N2O2S.C4H7NO2S.CH3F.CH4/c1-2-9-5(8)4-6-3-7-10-4;1-2-7-4(6)3(5)8;1-2;/h3H,2H2,1H3;2H2,1H3,(H2,5,8);1H3;1H4/i;;;1D. The van der Waals surface area contributed by atoms with E-state index < -0.39 is 11.9 Å². The fourth-order valence-corrected chi connectivity index (χ4v) is 1.14. The van der Waals surface area contributed by atoms with Gasteiger partial charge in [0.2, 0.25) is 5.01 Å². The molecule has 0 saturated carbocycles. The Morgan fingerprint density at radius 2 is 1.95 bits per heavy atom. The molecule has 0 radical (unpaired) electrons. The van der Waals surface area contributed by atoms with Gasteiger partial charge in [0.15, 0.2) is 4.99 Å². The lowest BCUT2D eigenvalue weighted by Gasteiger charge is -1.95. The van der Waals surface area contributed by atoms with Gasteiger partial charge in [-0.25, -0.2) is 14.6 Å². The molecule has 21 heavy (non-hydrogen) atoms. The number of hydrogen-bond acceptors (Lipinski definition) is 8. The predicted molar refractivity (Wildman–Crippen MR) is 83.0 cm³/mol. The molecule has 1 aromatic rings. The highest BCUT2D eigenvalue weighted by Gasteiger charge is 2.08. The third-order valence-electron chi connectivity index (χ3n) is 1.29. The molecule has 1 rings (SSSR count). The molecule has 0 amide bonds. The molecule has 0 aliphatic heterocycles. The van der Waals surface area contributed by atoms with Gasteiger partial charge >= 0.3 is 11.9 Å². The quantitative estimate of drug-likeness (QED) is 0.654. The zero-order valence-corrected chi connectivity index (χ0v) is 13.9. The Morgan fingerprint density at radius 3 is 2.24 bits per heavy atom. The summed E-state index contributed by atoms with van der Waals surface area (Å²) in [5.74, 6) is -1.01. The van der Waals surface area contributed by atoms with Gasteiger partial charge in [-0.05, 0) is 25.4 Å². The molecule has 0 spiro atoms. The number of halogens is 1. The molecule has 0 unspecified atom stereocenters. The van der Waals surface area contributed by atoms with Crippen LogP contribution in [0.3, 0.4) is 0 Å². The molecule has 10 heteroatoms. The fraction of sp³-hybridized carbons (Fsp3) is 0.545. The lowest BCUT2D eigenvalue weighted by Crippen LogP contribution is -2.23. The minimum Gasteiger partial charge on any atom is -0.461 e. The van der Waals surface area contributed by atoms with Crippen LogP contribution in [-0.2, 0) is 14.3 Å². The van der Waals surface area contributed by atoms with E-state index in [2.05, 4.69) is 31.0 Å². The Balaban J connectivity index is -0.000000272. The van der Waals surface area contributed by atoms with Crippen molar-refractivity contribution in [3.63, 3.8) is 0 Å². The van der Waals surface area contributed by atoms with Gasteiger partial charge in [-0.2, -0.15) is 4.37 Å². The van der Waals surface area contributed by atoms with Crippen LogP contribution in [0.25, 0.3) is 0 Å². The molecule has 0 aliphatic rings. The highest BCUT2D eigenvalue weighted by Crippen LogP contribution is 2.00. The summed E-state index contributed by atoms with van der Waals surface area (Å²) in [5.41, 5.74) is 4.88. The van der Waals surface area contributed by atoms with Crippen LogP contribution in [0.5, 0.6) is 0 Å². The lowest BCUT2D eigenvalue weighted by molar-refractivity contribution is -0.134. The topological polar surface area (TPSA) is 104 Å². The number of nitrogens with two attached hydrogens (primary N) is 1. The van der Waals surface area contributed by atoms with Crippen LogP contribution in [0.1, 0.15) is 32.4 Å². The second-order valence-corrected chi connectivity index (χ2v) is 3.77. The molecular formula is C11H20FN3O4S2. The first-order chi connectivity index (χ1) is 10.5. The largest absolute Gasteiger partial charge is 0.461 e. The molecule has 0 aliphatic carbocycles. The van der Waals surface area contributed by atoms with E-state index in [1.165, 1.54) is 13.7 Å². The Hall–Kier alpha value is -1.68. The van der Waals surface area contributed by atoms with E-state index in [1.54, 1.807) is 13.8 Å². The number of nitrogens with zero attached hydrogens (tertiary/aromatic N) is 2. The molecule has 122 valence electrons. The van der Waals surface area contributed by atoms with Crippen molar-refractivity contribution in [1.82, 2.24) is 9.36 Å². The molecule has 2 N–H and O–H groups in total. The van der Waals surface area contributed by atoms with Crippen LogP contribution >= 0.6 is 23.8 Å². The molecule has 0 bridgehead atoms. The van der Waals surface area contributed by atoms with Crippen molar-refractivity contribution in [3.05, 3.63) is 11.3 Å². The summed E-state index contributed by atoms with van der Waals surface area (Å²) in [6, 6.07) is 0. The van der Waals surface area contributed by atoms with Gasteiger partial charge in [-0.15, -0.1) is 0 Å². The zero-order chi connectivity index (χ0) is 18.0. The van der Waals surface area contributed by atoms with Crippen molar-refractivity contribution in [2.45, 2.75) is 21.3 Å². The van der Waals surface area contributed by atoms with Crippen LogP contribution in [0.15, 0.2) is 6.33 Å². The molecule has 0 saturated heterocycles. The van der Waals surface area contributed by atoms with Crippen LogP contribution in [-0.4, -0.2) is 46.7 Å². The van der Waals surface area contributed by atoms with Crippen LogP contribution < -0.4 is 5.73 Å². The first kappa shape index (κ1) is 21.6. The molecule has 0 fully saturated rings. The summed E-state index contributed by atoms with van der Waals surface area (Å²) in [6.45, 7) is 4.13. The Morgan fingerprint density at radius 1 is 1.43 bits per heavy atom. The number of aromatic nitrogens is 2. The number of alkyl halides is 1. The number of carbonyl (C=O) groups excluding carboxylic acids is 2. The first-order valence-electron chi connectivity index (χ1n) is 6.31. The van der Waals surface area contributed by atoms with E-state index in [0.29, 0.717) is 25.4 Å². The normalized spacial score (nSPS) is 8.14. The summed E-state index contributed by atoms with van der Waals surface area (Å²) in [4.78, 5) is 24.5. The monoisotopic (exact) mass is 342 g/mol. The lowest BCUT2D eigenvalue weighted by atomic mass is 10.7. The highest BCUT2D eigenvalue weighted by atomic mass is 32.1. The zero-order valence-electron chi connectivity index (χ0n) is 13.3. The maximum absolute atomic E-state index is 10.8. The van der Waals surface area contributed by atoms with Crippen LogP contribution in [0, 0.1) is 0 Å². The van der Waals surface area contributed by atoms with E-state index in [9.17, 15) is 14.0 Å². The first-order valence-corrected chi connectivity index (χ1v) is 6.49.